The summed E-state index contributed by atoms with van der Waals surface area (Å²) in [7, 11) is 0. The summed E-state index contributed by atoms with van der Waals surface area (Å²) in [5, 5.41) is 28.1. The van der Waals surface area contributed by atoms with Gasteiger partial charge in [-0.3, -0.25) is 29.8 Å². The molecule has 65 heavy (non-hydrogen) atoms. The number of nitrogens with one attached hydrogen (secondary N) is 3. The van der Waals surface area contributed by atoms with Crippen molar-refractivity contribution >= 4 is 46.1 Å². The molecule has 4 aromatic heterocycles. The fourth-order valence-electron chi connectivity index (χ4n) is 9.13. The van der Waals surface area contributed by atoms with Gasteiger partial charge >= 0.3 is 6.03 Å². The Bertz CT molecular complexity index is 2710. The Balaban J connectivity index is 0.780. The van der Waals surface area contributed by atoms with E-state index in [2.05, 4.69) is 81.0 Å². The average Bonchev–Trinajstić information content (AvgIpc) is 3.99. The predicted molar refractivity (Wildman–Crippen MR) is 248 cm³/mol. The van der Waals surface area contributed by atoms with Gasteiger partial charge in [-0.15, -0.1) is 0 Å². The Labute approximate surface area is 377 Å². The van der Waals surface area contributed by atoms with Crippen LogP contribution in [0.2, 0.25) is 0 Å². The van der Waals surface area contributed by atoms with E-state index >= 15 is 0 Å². The van der Waals surface area contributed by atoms with Crippen LogP contribution in [-0.4, -0.2) is 111 Å². The predicted octanol–water partition coefficient (Wildman–Crippen LogP) is 6.14. The summed E-state index contributed by atoms with van der Waals surface area (Å²) in [6, 6.07) is 17.5. The number of aromatic amines is 1. The number of piperazine rings is 1. The molecule has 3 saturated heterocycles. The molecular formula is C48H56N12O5. The van der Waals surface area contributed by atoms with Crippen molar-refractivity contribution in [2.24, 2.45) is 5.92 Å². The lowest BCUT2D eigenvalue weighted by Gasteiger charge is -2.40. The summed E-state index contributed by atoms with van der Waals surface area (Å²) >= 11 is 0. The number of rotatable bonds is 11. The largest absolute Gasteiger partial charge is 0.392 e. The number of nitrogens with zero attached hydrogens (tertiary/aromatic N) is 9. The van der Waals surface area contributed by atoms with E-state index in [0.717, 1.165) is 109 Å². The van der Waals surface area contributed by atoms with Crippen LogP contribution < -0.4 is 25.3 Å². The molecule has 3 aliphatic rings. The number of aliphatic hydroxyl groups excluding tert-OH is 1. The Morgan fingerprint density at radius 1 is 0.908 bits per heavy atom. The highest BCUT2D eigenvalue weighted by Crippen LogP contribution is 2.33. The Morgan fingerprint density at radius 3 is 2.37 bits per heavy atom. The van der Waals surface area contributed by atoms with Crippen molar-refractivity contribution in [1.29, 1.82) is 0 Å². The molecule has 9 rings (SSSR count). The van der Waals surface area contributed by atoms with E-state index in [9.17, 15) is 19.5 Å². The van der Waals surface area contributed by atoms with E-state index in [4.69, 9.17) is 9.51 Å². The molecule has 1 atom stereocenters. The summed E-state index contributed by atoms with van der Waals surface area (Å²) in [6.07, 6.45) is 6.32. The maximum atomic E-state index is 13.0. The normalized spacial score (nSPS) is 17.2. The van der Waals surface area contributed by atoms with Crippen LogP contribution in [-0.2, 0) is 16.8 Å². The first-order chi connectivity index (χ1) is 31.3. The minimum absolute atomic E-state index is 0.0374. The van der Waals surface area contributed by atoms with Crippen molar-refractivity contribution in [1.82, 2.24) is 45.8 Å². The molecule has 3 aliphatic heterocycles. The number of hydrogen-bond donors (Lipinski definition) is 4. The number of carbonyl (C=O) groups is 3. The lowest BCUT2D eigenvalue weighted by atomic mass is 9.95. The number of imide groups is 1. The third-order valence-corrected chi connectivity index (χ3v) is 12.9. The first kappa shape index (κ1) is 43.5. The van der Waals surface area contributed by atoms with Gasteiger partial charge in [0, 0.05) is 110 Å². The van der Waals surface area contributed by atoms with E-state index in [0.29, 0.717) is 36.0 Å². The van der Waals surface area contributed by atoms with Gasteiger partial charge in [-0.1, -0.05) is 38.1 Å². The van der Waals surface area contributed by atoms with Crippen LogP contribution in [0.15, 0.2) is 71.5 Å². The highest BCUT2D eigenvalue weighted by atomic mass is 16.5. The number of piperidine rings is 1. The van der Waals surface area contributed by atoms with Crippen LogP contribution in [0, 0.1) is 12.8 Å². The van der Waals surface area contributed by atoms with Gasteiger partial charge < -0.3 is 24.7 Å². The summed E-state index contributed by atoms with van der Waals surface area (Å²) in [6.45, 7) is 16.8. The standard InChI is InChI=1S/C48H56N12O5/c1-29-22-36(8-10-39(29)60-17-14-41(62)52-47(60)64)58-15-12-31(13-16-58)27-57-18-20-59(21-19-57)40-11-7-33(25-49-40)34-24-38-42(54-55-43(38)50-26-34)32-6-9-37(35(23-32)28-61)30(2)51-45(63)44-53-46(65-56-44)48(3,4)5/h6-11,22-26,30-31,61H,12-21,27-28H2,1-5H3,(H,51,63)(H,50,54,55)(H,52,62,64)/t30-/m1/s1. The number of hydrogen-bond acceptors (Lipinski definition) is 13. The monoisotopic (exact) mass is 880 g/mol. The molecule has 0 saturated carbocycles. The topological polar surface area (TPSA) is 202 Å². The number of aromatic nitrogens is 6. The van der Waals surface area contributed by atoms with Gasteiger partial charge in [0.15, 0.2) is 5.65 Å². The van der Waals surface area contributed by atoms with Crippen LogP contribution in [0.4, 0.5) is 22.0 Å². The molecule has 0 bridgehead atoms. The number of anilines is 3. The molecule has 0 aliphatic carbocycles. The number of fused-ring (bicyclic) bond motifs is 1. The summed E-state index contributed by atoms with van der Waals surface area (Å²) in [5.74, 6) is 1.27. The first-order valence-corrected chi connectivity index (χ1v) is 22.4. The number of urea groups is 1. The van der Waals surface area contributed by atoms with Crippen LogP contribution in [0.5, 0.6) is 0 Å². The number of pyridine rings is 2. The van der Waals surface area contributed by atoms with E-state index in [1.54, 1.807) is 4.90 Å². The molecular weight excluding hydrogens is 825 g/mol. The minimum atomic E-state index is -0.461. The number of H-pyrrole nitrogens is 1. The highest BCUT2D eigenvalue weighted by molar-refractivity contribution is 6.06. The number of aryl methyl sites for hydroxylation is 1. The van der Waals surface area contributed by atoms with Gasteiger partial charge in [-0.2, -0.15) is 10.1 Å². The number of amides is 4. The molecule has 4 N–H and O–H groups in total. The average molecular weight is 881 g/mol. The zero-order valence-electron chi connectivity index (χ0n) is 37.6. The molecule has 17 heteroatoms. The van der Waals surface area contributed by atoms with Gasteiger partial charge in [0.25, 0.3) is 11.7 Å². The lowest BCUT2D eigenvalue weighted by molar-refractivity contribution is -0.120. The first-order valence-electron chi connectivity index (χ1n) is 22.4. The van der Waals surface area contributed by atoms with Gasteiger partial charge in [0.2, 0.25) is 11.8 Å². The second-order valence-electron chi connectivity index (χ2n) is 18.5. The third-order valence-electron chi connectivity index (χ3n) is 12.9. The van der Waals surface area contributed by atoms with E-state index in [1.165, 1.54) is 5.69 Å². The molecule has 0 unspecified atom stereocenters. The van der Waals surface area contributed by atoms with Crippen molar-refractivity contribution in [2.75, 3.05) is 67.1 Å². The molecule has 338 valence electrons. The molecule has 4 amide bonds. The van der Waals surface area contributed by atoms with Crippen molar-refractivity contribution < 1.29 is 24.0 Å². The van der Waals surface area contributed by atoms with Crippen molar-refractivity contribution in [3.8, 4) is 22.4 Å². The molecule has 6 aromatic rings. The van der Waals surface area contributed by atoms with Crippen molar-refractivity contribution in [2.45, 2.75) is 71.9 Å². The summed E-state index contributed by atoms with van der Waals surface area (Å²) < 4.78 is 5.30. The smallest absolute Gasteiger partial charge is 0.328 e. The summed E-state index contributed by atoms with van der Waals surface area (Å²) in [5.41, 5.74) is 8.15. The second kappa shape index (κ2) is 18.0. The van der Waals surface area contributed by atoms with Gasteiger partial charge in [0.05, 0.1) is 18.3 Å². The molecule has 7 heterocycles. The van der Waals surface area contributed by atoms with E-state index in [-0.39, 0.29) is 29.8 Å². The zero-order chi connectivity index (χ0) is 45.4. The zero-order valence-corrected chi connectivity index (χ0v) is 37.6. The van der Waals surface area contributed by atoms with Crippen LogP contribution in [0.25, 0.3) is 33.4 Å². The van der Waals surface area contributed by atoms with Gasteiger partial charge in [-0.25, -0.2) is 14.8 Å². The SMILES string of the molecule is Cc1cc(N2CCC(CN3CCN(c4ccc(-c5cnc6n[nH]c(-c7ccc([C@@H](C)NC(=O)c8noc(C(C)(C)C)n8)c(CO)c7)c6c5)cn4)CC3)CC2)ccc1N1CCC(=O)NC1=O. The second-order valence-corrected chi connectivity index (χ2v) is 18.5. The van der Waals surface area contributed by atoms with Gasteiger partial charge in [0.1, 0.15) is 5.82 Å². The van der Waals surface area contributed by atoms with E-state index < -0.39 is 11.9 Å². The van der Waals surface area contributed by atoms with Gasteiger partial charge in [-0.05, 0) is 91.8 Å². The van der Waals surface area contributed by atoms with Crippen molar-refractivity contribution in [3.63, 3.8) is 0 Å². The van der Waals surface area contributed by atoms with Crippen LogP contribution in [0.1, 0.15) is 86.2 Å². The molecule has 17 nitrogen and oxygen atoms in total. The quantitative estimate of drug-likeness (QED) is 0.116. The summed E-state index contributed by atoms with van der Waals surface area (Å²) in [4.78, 5) is 59.9. The van der Waals surface area contributed by atoms with Crippen LogP contribution >= 0.6 is 0 Å². The molecule has 2 aromatic carbocycles. The number of aliphatic hydroxyl groups is 1. The highest BCUT2D eigenvalue weighted by Gasteiger charge is 2.29. The molecule has 0 spiro atoms. The lowest BCUT2D eigenvalue weighted by Crippen LogP contribution is -2.49. The third kappa shape index (κ3) is 9.29. The Hall–Kier alpha value is -6.72. The Morgan fingerprint density at radius 2 is 1.68 bits per heavy atom. The maximum absolute atomic E-state index is 13.0. The molecule has 0 radical (unpaired) electrons. The minimum Gasteiger partial charge on any atom is -0.392 e. The number of carbonyl (C=O) groups excluding carboxylic acids is 3. The molecule has 3 fully saturated rings. The fraction of sp³-hybridized carbons (Fsp3) is 0.417. The Kier molecular flexibility index (Phi) is 12.1. The van der Waals surface area contributed by atoms with E-state index in [1.807, 2.05) is 71.3 Å². The fourth-order valence-corrected chi connectivity index (χ4v) is 9.13. The maximum Gasteiger partial charge on any atom is 0.328 e. The number of benzene rings is 2. The van der Waals surface area contributed by atoms with Crippen molar-refractivity contribution in [3.05, 3.63) is 95.4 Å². The van der Waals surface area contributed by atoms with Crippen LogP contribution in [0.3, 0.4) is 0 Å².